The molecule has 0 saturated carbocycles. The second-order valence-electron chi connectivity index (χ2n) is 6.74. The molecule has 0 aliphatic carbocycles. The Morgan fingerprint density at radius 1 is 1.20 bits per heavy atom. The van der Waals surface area contributed by atoms with Gasteiger partial charge in [0, 0.05) is 54.7 Å². The summed E-state index contributed by atoms with van der Waals surface area (Å²) >= 11 is 1.60. The highest BCUT2D eigenvalue weighted by atomic mass is 32.1. The molecule has 1 aromatic carbocycles. The van der Waals surface area contributed by atoms with Crippen LogP contribution in [0.4, 0.5) is 0 Å². The van der Waals surface area contributed by atoms with Crippen molar-refractivity contribution in [3.8, 4) is 10.6 Å². The van der Waals surface area contributed by atoms with Crippen molar-refractivity contribution in [3.63, 3.8) is 0 Å². The normalized spacial score (nSPS) is 23.1. The molecule has 6 rings (SSSR count). The van der Waals surface area contributed by atoms with Crippen molar-refractivity contribution in [3.05, 3.63) is 35.5 Å². The molecule has 1 N–H and O–H groups in total. The zero-order chi connectivity index (χ0) is 16.8. The molecule has 3 saturated heterocycles. The van der Waals surface area contributed by atoms with Crippen LogP contribution in [-0.4, -0.2) is 63.1 Å². The Balaban J connectivity index is 1.53. The van der Waals surface area contributed by atoms with E-state index >= 15 is 0 Å². The van der Waals surface area contributed by atoms with Crippen molar-refractivity contribution in [2.75, 3.05) is 26.2 Å². The number of carbonyl (C=O) groups excluding carboxylic acids is 1. The second-order valence-corrected chi connectivity index (χ2v) is 7.64. The van der Waals surface area contributed by atoms with Crippen LogP contribution in [0.2, 0.25) is 0 Å². The number of fused-ring (bicyclic) bond motifs is 5. The van der Waals surface area contributed by atoms with Crippen molar-refractivity contribution in [2.24, 2.45) is 0 Å². The zero-order valence-corrected chi connectivity index (χ0v) is 14.6. The van der Waals surface area contributed by atoms with Gasteiger partial charge in [-0.25, -0.2) is 4.98 Å². The molecule has 7 heteroatoms. The minimum atomic E-state index is 0.0521. The van der Waals surface area contributed by atoms with Crippen LogP contribution in [0.5, 0.6) is 0 Å². The van der Waals surface area contributed by atoms with Crippen LogP contribution in [-0.2, 0) is 0 Å². The van der Waals surface area contributed by atoms with Gasteiger partial charge >= 0.3 is 0 Å². The first kappa shape index (κ1) is 15.0. The number of nitrogens with zero attached hydrogens (tertiary/aromatic N) is 4. The van der Waals surface area contributed by atoms with E-state index in [1.165, 1.54) is 0 Å². The molecular formula is C18H19N5OS. The quantitative estimate of drug-likeness (QED) is 0.769. The lowest BCUT2D eigenvalue weighted by Crippen LogP contribution is -2.41. The topological polar surface area (TPSA) is 65.1 Å². The van der Waals surface area contributed by atoms with E-state index < -0.39 is 0 Å². The van der Waals surface area contributed by atoms with E-state index in [-0.39, 0.29) is 5.91 Å². The van der Waals surface area contributed by atoms with Gasteiger partial charge in [0.2, 0.25) is 0 Å². The monoisotopic (exact) mass is 353 g/mol. The maximum Gasteiger partial charge on any atom is 0.275 e. The Bertz CT molecular complexity index is 911. The molecule has 128 valence electrons. The minimum Gasteiger partial charge on any atom is -0.333 e. The van der Waals surface area contributed by atoms with Crippen LogP contribution in [0, 0.1) is 0 Å². The van der Waals surface area contributed by atoms with Crippen LogP contribution < -0.4 is 0 Å². The molecule has 2 bridgehead atoms. The van der Waals surface area contributed by atoms with Crippen molar-refractivity contribution in [2.45, 2.75) is 18.9 Å². The number of hydrogen-bond donors (Lipinski definition) is 1. The number of thiazole rings is 1. The van der Waals surface area contributed by atoms with Crippen LogP contribution in [0.3, 0.4) is 0 Å². The fraction of sp³-hybridized carbons (Fsp3) is 0.389. The van der Waals surface area contributed by atoms with Crippen molar-refractivity contribution >= 4 is 28.1 Å². The SMILES string of the molecule is O=C(c1n[nH]c2ccc(-c3nccs3)cc12)N1CCN2CCC1CC2. The van der Waals surface area contributed by atoms with Crippen molar-refractivity contribution < 1.29 is 4.79 Å². The average molecular weight is 353 g/mol. The number of H-pyrrole nitrogens is 1. The Morgan fingerprint density at radius 3 is 2.88 bits per heavy atom. The maximum atomic E-state index is 13.2. The minimum absolute atomic E-state index is 0.0521. The summed E-state index contributed by atoms with van der Waals surface area (Å²) in [5, 5.41) is 11.2. The number of aromatic nitrogens is 3. The molecule has 0 spiro atoms. The van der Waals surface area contributed by atoms with Crippen LogP contribution >= 0.6 is 11.3 Å². The van der Waals surface area contributed by atoms with Crippen LogP contribution in [0.15, 0.2) is 29.8 Å². The van der Waals surface area contributed by atoms with Crippen LogP contribution in [0.25, 0.3) is 21.5 Å². The second kappa shape index (κ2) is 5.93. The first-order valence-electron chi connectivity index (χ1n) is 8.71. The molecule has 3 aliphatic heterocycles. The number of piperidine rings is 1. The molecule has 2 aromatic heterocycles. The third-order valence-corrected chi connectivity index (χ3v) is 6.18. The summed E-state index contributed by atoms with van der Waals surface area (Å²) in [5.74, 6) is 0.0521. The summed E-state index contributed by atoms with van der Waals surface area (Å²) in [7, 11) is 0. The molecule has 0 atom stereocenters. The van der Waals surface area contributed by atoms with Crippen LogP contribution in [0.1, 0.15) is 23.3 Å². The van der Waals surface area contributed by atoms with Gasteiger partial charge < -0.3 is 9.80 Å². The molecule has 3 aromatic rings. The first-order valence-corrected chi connectivity index (χ1v) is 9.59. The van der Waals surface area contributed by atoms with Gasteiger partial charge in [0.05, 0.1) is 5.52 Å². The summed E-state index contributed by atoms with van der Waals surface area (Å²) < 4.78 is 0. The predicted molar refractivity (Wildman–Crippen MR) is 97.7 cm³/mol. The van der Waals surface area contributed by atoms with Gasteiger partial charge in [-0.05, 0) is 31.0 Å². The molecule has 25 heavy (non-hydrogen) atoms. The van der Waals surface area contributed by atoms with Gasteiger partial charge in [-0.2, -0.15) is 5.10 Å². The van der Waals surface area contributed by atoms with E-state index in [1.807, 2.05) is 28.5 Å². The lowest BCUT2D eigenvalue weighted by atomic mass is 10.0. The summed E-state index contributed by atoms with van der Waals surface area (Å²) in [5.41, 5.74) is 2.46. The molecular weight excluding hydrogens is 334 g/mol. The molecule has 3 fully saturated rings. The van der Waals surface area contributed by atoms with E-state index in [9.17, 15) is 4.79 Å². The highest BCUT2D eigenvalue weighted by Gasteiger charge is 2.33. The van der Waals surface area contributed by atoms with E-state index in [2.05, 4.69) is 20.1 Å². The highest BCUT2D eigenvalue weighted by Crippen LogP contribution is 2.29. The molecule has 6 nitrogen and oxygen atoms in total. The molecule has 5 heterocycles. The number of benzene rings is 1. The lowest BCUT2D eigenvalue weighted by molar-refractivity contribution is 0.0681. The van der Waals surface area contributed by atoms with Gasteiger partial charge in [0.1, 0.15) is 5.01 Å². The average Bonchev–Trinajstić information content (AvgIpc) is 3.23. The van der Waals surface area contributed by atoms with Crippen molar-refractivity contribution in [1.29, 1.82) is 0 Å². The fourth-order valence-electron chi connectivity index (χ4n) is 3.97. The van der Waals surface area contributed by atoms with Gasteiger partial charge in [-0.15, -0.1) is 11.3 Å². The fourth-order valence-corrected chi connectivity index (χ4v) is 4.60. The third kappa shape index (κ3) is 2.54. The number of rotatable bonds is 2. The number of amides is 1. The molecule has 0 unspecified atom stereocenters. The summed E-state index contributed by atoms with van der Waals surface area (Å²) in [6.07, 6.45) is 3.94. The number of carbonyl (C=O) groups is 1. The smallest absolute Gasteiger partial charge is 0.275 e. The number of hydrogen-bond acceptors (Lipinski definition) is 5. The predicted octanol–water partition coefficient (Wildman–Crippen LogP) is 2.61. The lowest BCUT2D eigenvalue weighted by Gasteiger charge is -2.31. The van der Waals surface area contributed by atoms with Gasteiger partial charge in [0.25, 0.3) is 5.91 Å². The third-order valence-electron chi connectivity index (χ3n) is 5.36. The van der Waals surface area contributed by atoms with E-state index in [1.54, 1.807) is 17.5 Å². The Hall–Kier alpha value is -2.25. The van der Waals surface area contributed by atoms with Gasteiger partial charge in [-0.3, -0.25) is 9.89 Å². The summed E-state index contributed by atoms with van der Waals surface area (Å²) in [6, 6.07) is 6.38. The van der Waals surface area contributed by atoms with E-state index in [4.69, 9.17) is 0 Å². The maximum absolute atomic E-state index is 13.2. The Morgan fingerprint density at radius 2 is 2.08 bits per heavy atom. The summed E-state index contributed by atoms with van der Waals surface area (Å²) in [4.78, 5) is 22.1. The Labute approximate surface area is 149 Å². The highest BCUT2D eigenvalue weighted by molar-refractivity contribution is 7.13. The molecule has 0 radical (unpaired) electrons. The largest absolute Gasteiger partial charge is 0.333 e. The molecule has 1 amide bonds. The number of aromatic amines is 1. The van der Waals surface area contributed by atoms with Gasteiger partial charge in [0.15, 0.2) is 5.69 Å². The van der Waals surface area contributed by atoms with E-state index in [0.717, 1.165) is 60.5 Å². The Kier molecular flexibility index (Phi) is 3.57. The summed E-state index contributed by atoms with van der Waals surface area (Å²) in [6.45, 7) is 3.97. The molecule has 3 aliphatic rings. The zero-order valence-electron chi connectivity index (χ0n) is 13.8. The first-order chi connectivity index (χ1) is 12.3. The van der Waals surface area contributed by atoms with E-state index in [0.29, 0.717) is 11.7 Å². The van der Waals surface area contributed by atoms with Crippen molar-refractivity contribution in [1.82, 2.24) is 25.0 Å². The van der Waals surface area contributed by atoms with Gasteiger partial charge in [-0.1, -0.05) is 0 Å². The number of nitrogens with one attached hydrogen (secondary N) is 1. The standard InChI is InChI=1S/C18H19N5OS/c24-18(23-9-8-22-6-3-13(23)4-7-22)16-14-11-12(17-19-5-10-25-17)1-2-15(14)20-21-16/h1-2,5,10-11,13H,3-4,6-9H2,(H,20,21).